The van der Waals surface area contributed by atoms with Crippen LogP contribution in [0.3, 0.4) is 0 Å². The van der Waals surface area contributed by atoms with Crippen molar-refractivity contribution in [3.63, 3.8) is 0 Å². The molecule has 1 N–H and O–H groups in total. The van der Waals surface area contributed by atoms with E-state index in [0.29, 0.717) is 22.7 Å². The fraction of sp³-hybridized carbons (Fsp3) is 0.150. The van der Waals surface area contributed by atoms with E-state index in [9.17, 15) is 9.59 Å². The quantitative estimate of drug-likeness (QED) is 0.546. The van der Waals surface area contributed by atoms with Crippen molar-refractivity contribution in [2.75, 3.05) is 19.5 Å². The van der Waals surface area contributed by atoms with E-state index in [4.69, 9.17) is 4.42 Å². The molecule has 0 bridgehead atoms. The number of ether oxygens (including phenoxy) is 2. The minimum absolute atomic E-state index is 0.0537. The Balaban J connectivity index is 1.91. The van der Waals surface area contributed by atoms with Crippen LogP contribution in [-0.4, -0.2) is 31.1 Å². The average Bonchev–Trinajstić information content (AvgIpc) is 3.10. The predicted molar refractivity (Wildman–Crippen MR) is 99.9 cm³/mol. The standard InChI is InChI=1S/C20H18N2O5/c1-12-4-6-13(7-5-12)19-22-15-9-8-14(10-17(15)27-19)21-16(20(24)26-3)11-18(23)25-2/h4-11,21H,1-3H3/b16-11+. The van der Waals surface area contributed by atoms with Crippen molar-refractivity contribution in [2.45, 2.75) is 6.92 Å². The van der Waals surface area contributed by atoms with Crippen molar-refractivity contribution >= 4 is 28.7 Å². The summed E-state index contributed by atoms with van der Waals surface area (Å²) in [4.78, 5) is 27.8. The molecule has 138 valence electrons. The van der Waals surface area contributed by atoms with E-state index in [0.717, 1.165) is 17.2 Å². The highest BCUT2D eigenvalue weighted by atomic mass is 16.5. The zero-order chi connectivity index (χ0) is 19.4. The van der Waals surface area contributed by atoms with Gasteiger partial charge in [0.2, 0.25) is 5.89 Å². The van der Waals surface area contributed by atoms with E-state index >= 15 is 0 Å². The Bertz CT molecular complexity index is 1020. The molecule has 0 amide bonds. The molecular weight excluding hydrogens is 348 g/mol. The first-order valence-corrected chi connectivity index (χ1v) is 8.13. The van der Waals surface area contributed by atoms with Crippen molar-refractivity contribution in [2.24, 2.45) is 0 Å². The number of hydrogen-bond donors (Lipinski definition) is 1. The number of methoxy groups -OCH3 is 2. The lowest BCUT2D eigenvalue weighted by molar-refractivity contribution is -0.138. The molecule has 0 radical (unpaired) electrons. The number of aryl methyl sites for hydroxylation is 1. The molecule has 3 aromatic rings. The minimum Gasteiger partial charge on any atom is -0.466 e. The lowest BCUT2D eigenvalue weighted by Gasteiger charge is -2.08. The molecule has 0 aliphatic rings. The van der Waals surface area contributed by atoms with E-state index in [1.54, 1.807) is 18.2 Å². The maximum absolute atomic E-state index is 11.9. The zero-order valence-corrected chi connectivity index (χ0v) is 15.1. The molecule has 27 heavy (non-hydrogen) atoms. The van der Waals surface area contributed by atoms with Crippen LogP contribution in [0.4, 0.5) is 5.69 Å². The third-order valence-electron chi connectivity index (χ3n) is 3.83. The van der Waals surface area contributed by atoms with E-state index < -0.39 is 11.9 Å². The summed E-state index contributed by atoms with van der Waals surface area (Å²) in [5.74, 6) is -0.871. The molecule has 0 unspecified atom stereocenters. The summed E-state index contributed by atoms with van der Waals surface area (Å²) in [7, 11) is 2.45. The van der Waals surface area contributed by atoms with E-state index in [1.165, 1.54) is 14.2 Å². The first-order chi connectivity index (χ1) is 13.0. The van der Waals surface area contributed by atoms with Crippen molar-refractivity contribution < 1.29 is 23.5 Å². The molecule has 7 nitrogen and oxygen atoms in total. The Kier molecular flexibility index (Phi) is 5.21. The van der Waals surface area contributed by atoms with Crippen molar-refractivity contribution in [3.05, 3.63) is 59.8 Å². The van der Waals surface area contributed by atoms with Gasteiger partial charge in [-0.25, -0.2) is 14.6 Å². The summed E-state index contributed by atoms with van der Waals surface area (Å²) in [6, 6.07) is 13.0. The Labute approximate surface area is 155 Å². The van der Waals surface area contributed by atoms with E-state index in [1.807, 2.05) is 31.2 Å². The van der Waals surface area contributed by atoms with Crippen molar-refractivity contribution in [1.29, 1.82) is 0 Å². The van der Waals surface area contributed by atoms with E-state index in [-0.39, 0.29) is 5.70 Å². The number of anilines is 1. The van der Waals surface area contributed by atoms with Gasteiger partial charge in [0.1, 0.15) is 11.2 Å². The molecule has 0 fully saturated rings. The second-order valence-electron chi connectivity index (χ2n) is 5.77. The molecule has 0 saturated carbocycles. The number of esters is 2. The molecule has 1 aromatic heterocycles. The van der Waals surface area contributed by atoms with Crippen molar-refractivity contribution in [3.8, 4) is 11.5 Å². The topological polar surface area (TPSA) is 90.7 Å². The molecule has 0 spiro atoms. The zero-order valence-electron chi connectivity index (χ0n) is 15.1. The van der Waals surface area contributed by atoms with Crippen LogP contribution < -0.4 is 5.32 Å². The maximum atomic E-state index is 11.9. The Morgan fingerprint density at radius 2 is 1.81 bits per heavy atom. The number of carbonyl (C=O) groups excluding carboxylic acids is 2. The van der Waals surface area contributed by atoms with Gasteiger partial charge >= 0.3 is 11.9 Å². The fourth-order valence-corrected chi connectivity index (χ4v) is 2.41. The predicted octanol–water partition coefficient (Wildman–Crippen LogP) is 3.45. The van der Waals surface area contributed by atoms with Gasteiger partial charge in [-0.2, -0.15) is 0 Å². The van der Waals surface area contributed by atoms with Gasteiger partial charge in [-0.3, -0.25) is 0 Å². The van der Waals surface area contributed by atoms with Crippen molar-refractivity contribution in [1.82, 2.24) is 4.98 Å². The van der Waals surface area contributed by atoms with Gasteiger partial charge < -0.3 is 19.2 Å². The molecule has 7 heteroatoms. The van der Waals surface area contributed by atoms with E-state index in [2.05, 4.69) is 19.8 Å². The first kappa shape index (κ1) is 18.2. The number of hydrogen-bond acceptors (Lipinski definition) is 7. The third-order valence-corrected chi connectivity index (χ3v) is 3.83. The van der Waals surface area contributed by atoms with Crippen LogP contribution >= 0.6 is 0 Å². The first-order valence-electron chi connectivity index (χ1n) is 8.13. The molecule has 0 atom stereocenters. The number of nitrogens with zero attached hydrogens (tertiary/aromatic N) is 1. The maximum Gasteiger partial charge on any atom is 0.354 e. The number of aromatic nitrogens is 1. The second kappa shape index (κ2) is 7.74. The minimum atomic E-state index is -0.696. The molecule has 0 aliphatic carbocycles. The third kappa shape index (κ3) is 4.14. The average molecular weight is 366 g/mol. The van der Waals surface area contributed by atoms with Gasteiger partial charge in [-0.1, -0.05) is 17.7 Å². The number of nitrogens with one attached hydrogen (secondary N) is 1. The smallest absolute Gasteiger partial charge is 0.354 e. The van der Waals surface area contributed by atoms with Gasteiger partial charge in [-0.15, -0.1) is 0 Å². The normalized spacial score (nSPS) is 11.3. The number of oxazole rings is 1. The van der Waals surface area contributed by atoms with Gasteiger partial charge in [0.15, 0.2) is 5.58 Å². The molecule has 0 saturated heterocycles. The molecular formula is C20H18N2O5. The second-order valence-corrected chi connectivity index (χ2v) is 5.77. The van der Waals surface area contributed by atoms with Crippen LogP contribution in [0.1, 0.15) is 5.56 Å². The van der Waals surface area contributed by atoms with Crippen LogP contribution in [0.25, 0.3) is 22.6 Å². The largest absolute Gasteiger partial charge is 0.466 e. The molecule has 3 rings (SSSR count). The summed E-state index contributed by atoms with van der Waals surface area (Å²) < 4.78 is 15.1. The number of fused-ring (bicyclic) bond motifs is 1. The highest BCUT2D eigenvalue weighted by molar-refractivity contribution is 5.99. The van der Waals surface area contributed by atoms with Crippen LogP contribution in [0.15, 0.2) is 58.7 Å². The lowest BCUT2D eigenvalue weighted by Crippen LogP contribution is -2.15. The van der Waals surface area contributed by atoms with Crippen LogP contribution in [-0.2, 0) is 19.1 Å². The summed E-state index contributed by atoms with van der Waals surface area (Å²) in [5, 5.41) is 2.84. The lowest BCUT2D eigenvalue weighted by atomic mass is 10.1. The number of rotatable bonds is 5. The number of carbonyl (C=O) groups is 2. The highest BCUT2D eigenvalue weighted by Gasteiger charge is 2.14. The summed E-state index contributed by atoms with van der Waals surface area (Å²) >= 11 is 0. The van der Waals surface area contributed by atoms with Gasteiger partial charge in [0.05, 0.1) is 20.3 Å². The summed E-state index contributed by atoms with van der Waals surface area (Å²) in [6.07, 6.45) is 1.02. The summed E-state index contributed by atoms with van der Waals surface area (Å²) in [5.41, 5.74) is 3.71. The molecule has 2 aromatic carbocycles. The van der Waals surface area contributed by atoms with Gasteiger partial charge in [0, 0.05) is 17.3 Å². The summed E-state index contributed by atoms with van der Waals surface area (Å²) in [6.45, 7) is 2.01. The highest BCUT2D eigenvalue weighted by Crippen LogP contribution is 2.27. The fourth-order valence-electron chi connectivity index (χ4n) is 2.41. The molecule has 0 aliphatic heterocycles. The van der Waals surface area contributed by atoms with Gasteiger partial charge in [-0.05, 0) is 31.2 Å². The monoisotopic (exact) mass is 366 g/mol. The van der Waals surface area contributed by atoms with Crippen LogP contribution in [0.2, 0.25) is 0 Å². The Morgan fingerprint density at radius 1 is 1.07 bits per heavy atom. The van der Waals surface area contributed by atoms with Gasteiger partial charge in [0.25, 0.3) is 0 Å². The Morgan fingerprint density at radius 3 is 2.48 bits per heavy atom. The van der Waals surface area contributed by atoms with Crippen LogP contribution in [0.5, 0.6) is 0 Å². The SMILES string of the molecule is COC(=O)/C=C(/Nc1ccc2nc(-c3ccc(C)cc3)oc2c1)C(=O)OC. The number of benzene rings is 2. The Hall–Kier alpha value is -3.61. The van der Waals surface area contributed by atoms with Crippen LogP contribution in [0, 0.1) is 6.92 Å². The molecule has 1 heterocycles.